The molecule has 3 heteroatoms. The van der Waals surface area contributed by atoms with E-state index in [9.17, 15) is 0 Å². The second kappa shape index (κ2) is 7.26. The van der Waals surface area contributed by atoms with Gasteiger partial charge in [0, 0.05) is 23.8 Å². The molecule has 1 atom stereocenters. The Morgan fingerprint density at radius 3 is 2.86 bits per heavy atom. The van der Waals surface area contributed by atoms with Crippen LogP contribution in [0.1, 0.15) is 69.9 Å². The van der Waals surface area contributed by atoms with Crippen molar-refractivity contribution in [3.05, 3.63) is 23.9 Å². The molecular formula is C18H29N3. The van der Waals surface area contributed by atoms with Crippen LogP contribution in [-0.2, 0) is 0 Å². The normalized spacial score (nSPS) is 24.3. The zero-order chi connectivity index (χ0) is 14.5. The lowest BCUT2D eigenvalue weighted by Crippen LogP contribution is -2.27. The molecule has 21 heavy (non-hydrogen) atoms. The maximum atomic E-state index is 4.67. The molecule has 1 unspecified atom stereocenters. The molecule has 116 valence electrons. The van der Waals surface area contributed by atoms with E-state index < -0.39 is 0 Å². The minimum atomic E-state index is 0.574. The number of hydrogen-bond acceptors (Lipinski definition) is 3. The molecule has 1 aliphatic heterocycles. The molecule has 2 fully saturated rings. The third kappa shape index (κ3) is 3.57. The van der Waals surface area contributed by atoms with Gasteiger partial charge in [0.15, 0.2) is 0 Å². The van der Waals surface area contributed by atoms with Gasteiger partial charge in [-0.1, -0.05) is 32.3 Å². The van der Waals surface area contributed by atoms with Crippen molar-refractivity contribution in [1.29, 1.82) is 0 Å². The molecule has 3 rings (SSSR count). The Labute approximate surface area is 129 Å². The summed E-state index contributed by atoms with van der Waals surface area (Å²) < 4.78 is 0. The van der Waals surface area contributed by atoms with Crippen molar-refractivity contribution >= 4 is 5.82 Å². The van der Waals surface area contributed by atoms with E-state index >= 15 is 0 Å². The van der Waals surface area contributed by atoms with Gasteiger partial charge in [-0.25, -0.2) is 4.98 Å². The Balaban J connectivity index is 1.75. The van der Waals surface area contributed by atoms with Crippen molar-refractivity contribution in [3.8, 4) is 0 Å². The highest BCUT2D eigenvalue weighted by Crippen LogP contribution is 2.35. The number of rotatable bonds is 5. The molecule has 0 bridgehead atoms. The van der Waals surface area contributed by atoms with Gasteiger partial charge in [0.1, 0.15) is 5.82 Å². The number of nitrogens with zero attached hydrogens (tertiary/aromatic N) is 2. The van der Waals surface area contributed by atoms with Crippen LogP contribution in [-0.4, -0.2) is 29.0 Å². The van der Waals surface area contributed by atoms with Crippen molar-refractivity contribution in [2.45, 2.75) is 70.4 Å². The molecule has 0 radical (unpaired) electrons. The molecule has 0 amide bonds. The number of hydrogen-bond donors (Lipinski definition) is 1. The van der Waals surface area contributed by atoms with Gasteiger partial charge >= 0.3 is 0 Å². The van der Waals surface area contributed by atoms with E-state index in [4.69, 9.17) is 0 Å². The van der Waals surface area contributed by atoms with Gasteiger partial charge in [0.2, 0.25) is 0 Å². The minimum absolute atomic E-state index is 0.574. The summed E-state index contributed by atoms with van der Waals surface area (Å²) in [5.74, 6) is 1.15. The lowest BCUT2D eigenvalue weighted by molar-refractivity contribution is 0.258. The molecule has 0 spiro atoms. The maximum absolute atomic E-state index is 4.67. The summed E-state index contributed by atoms with van der Waals surface area (Å²) in [6.07, 6.45) is 12.5. The SMILES string of the molecule is CCCN1CCCC1c1cccnc1NC1CCCCC1. The minimum Gasteiger partial charge on any atom is -0.367 e. The van der Waals surface area contributed by atoms with Crippen LogP contribution >= 0.6 is 0 Å². The first-order valence-corrected chi connectivity index (χ1v) is 8.84. The van der Waals surface area contributed by atoms with Crippen LogP contribution in [0.4, 0.5) is 5.82 Å². The average Bonchev–Trinajstić information content (AvgIpc) is 2.97. The fraction of sp³-hybridized carbons (Fsp3) is 0.722. The van der Waals surface area contributed by atoms with E-state index in [0.717, 1.165) is 5.82 Å². The lowest BCUT2D eigenvalue weighted by atomic mass is 9.95. The summed E-state index contributed by atoms with van der Waals surface area (Å²) in [6, 6.07) is 5.60. The Bertz CT molecular complexity index is 440. The molecule has 1 N–H and O–H groups in total. The molecule has 1 aromatic heterocycles. The zero-order valence-electron chi connectivity index (χ0n) is 13.4. The average molecular weight is 287 g/mol. The summed E-state index contributed by atoms with van der Waals surface area (Å²) in [4.78, 5) is 7.32. The first-order chi connectivity index (χ1) is 10.4. The standard InChI is InChI=1S/C18H29N3/c1-2-13-21-14-7-11-17(21)16-10-6-12-19-18(16)20-15-8-4-3-5-9-15/h6,10,12,15,17H,2-5,7-9,11,13-14H2,1H3,(H,19,20). The first-order valence-electron chi connectivity index (χ1n) is 8.84. The number of aromatic nitrogens is 1. The predicted molar refractivity (Wildman–Crippen MR) is 88.6 cm³/mol. The Kier molecular flexibility index (Phi) is 5.13. The first kappa shape index (κ1) is 14.8. The third-order valence-corrected chi connectivity index (χ3v) is 5.02. The molecule has 3 nitrogen and oxygen atoms in total. The Hall–Kier alpha value is -1.09. The van der Waals surface area contributed by atoms with Crippen molar-refractivity contribution in [3.63, 3.8) is 0 Å². The fourth-order valence-electron chi connectivity index (χ4n) is 3.98. The second-order valence-corrected chi connectivity index (χ2v) is 6.61. The highest BCUT2D eigenvalue weighted by molar-refractivity contribution is 5.47. The molecule has 0 aromatic carbocycles. The monoisotopic (exact) mass is 287 g/mol. The maximum Gasteiger partial charge on any atom is 0.130 e. The Morgan fingerprint density at radius 2 is 2.05 bits per heavy atom. The largest absolute Gasteiger partial charge is 0.367 e. The van der Waals surface area contributed by atoms with Gasteiger partial charge in [-0.15, -0.1) is 0 Å². The van der Waals surface area contributed by atoms with Crippen molar-refractivity contribution < 1.29 is 0 Å². The zero-order valence-corrected chi connectivity index (χ0v) is 13.4. The van der Waals surface area contributed by atoms with E-state index in [-0.39, 0.29) is 0 Å². The van der Waals surface area contributed by atoms with E-state index in [0.29, 0.717) is 12.1 Å². The number of likely N-dealkylation sites (tertiary alicyclic amines) is 1. The number of nitrogens with one attached hydrogen (secondary N) is 1. The molecule has 2 aliphatic rings. The smallest absolute Gasteiger partial charge is 0.130 e. The van der Waals surface area contributed by atoms with Gasteiger partial charge in [0.25, 0.3) is 0 Å². The van der Waals surface area contributed by atoms with Crippen LogP contribution in [0.25, 0.3) is 0 Å². The number of pyridine rings is 1. The quantitative estimate of drug-likeness (QED) is 0.871. The van der Waals surface area contributed by atoms with Crippen molar-refractivity contribution in [2.75, 3.05) is 18.4 Å². The molecule has 1 aliphatic carbocycles. The van der Waals surface area contributed by atoms with E-state index in [1.165, 1.54) is 70.0 Å². The topological polar surface area (TPSA) is 28.2 Å². The molecule has 1 saturated carbocycles. The van der Waals surface area contributed by atoms with Crippen LogP contribution in [0.3, 0.4) is 0 Å². The van der Waals surface area contributed by atoms with E-state index in [1.54, 1.807) is 0 Å². The number of anilines is 1. The van der Waals surface area contributed by atoms with Crippen molar-refractivity contribution in [2.24, 2.45) is 0 Å². The van der Waals surface area contributed by atoms with Crippen LogP contribution in [0.5, 0.6) is 0 Å². The fourth-order valence-corrected chi connectivity index (χ4v) is 3.98. The predicted octanol–water partition coefficient (Wildman–Crippen LogP) is 4.37. The summed E-state index contributed by atoms with van der Waals surface area (Å²) in [5, 5.41) is 3.75. The van der Waals surface area contributed by atoms with Crippen LogP contribution in [0.15, 0.2) is 18.3 Å². The van der Waals surface area contributed by atoms with E-state index in [1.807, 2.05) is 6.20 Å². The van der Waals surface area contributed by atoms with Crippen LogP contribution in [0, 0.1) is 0 Å². The van der Waals surface area contributed by atoms with Crippen LogP contribution < -0.4 is 5.32 Å². The molecule has 1 aromatic rings. The highest BCUT2D eigenvalue weighted by Gasteiger charge is 2.28. The van der Waals surface area contributed by atoms with Gasteiger partial charge in [-0.2, -0.15) is 0 Å². The lowest BCUT2D eigenvalue weighted by Gasteiger charge is -2.28. The van der Waals surface area contributed by atoms with Crippen molar-refractivity contribution in [1.82, 2.24) is 9.88 Å². The molecule has 1 saturated heterocycles. The summed E-state index contributed by atoms with van der Waals surface area (Å²) in [6.45, 7) is 4.73. The van der Waals surface area contributed by atoms with Gasteiger partial charge in [0.05, 0.1) is 0 Å². The van der Waals surface area contributed by atoms with Gasteiger partial charge in [-0.3, -0.25) is 4.90 Å². The summed E-state index contributed by atoms with van der Waals surface area (Å²) in [7, 11) is 0. The van der Waals surface area contributed by atoms with E-state index in [2.05, 4.69) is 34.3 Å². The molecular weight excluding hydrogens is 258 g/mol. The summed E-state index contributed by atoms with van der Waals surface area (Å²) in [5.41, 5.74) is 1.43. The Morgan fingerprint density at radius 1 is 1.19 bits per heavy atom. The van der Waals surface area contributed by atoms with Gasteiger partial charge < -0.3 is 5.32 Å². The highest BCUT2D eigenvalue weighted by atomic mass is 15.2. The second-order valence-electron chi connectivity index (χ2n) is 6.61. The summed E-state index contributed by atoms with van der Waals surface area (Å²) >= 11 is 0. The third-order valence-electron chi connectivity index (χ3n) is 5.02. The van der Waals surface area contributed by atoms with Gasteiger partial charge in [-0.05, 0) is 51.3 Å². The van der Waals surface area contributed by atoms with Crippen LogP contribution in [0.2, 0.25) is 0 Å². The molecule has 2 heterocycles.